The Morgan fingerprint density at radius 3 is 2.46 bits per heavy atom. The van der Waals surface area contributed by atoms with Gasteiger partial charge in [0.05, 0.1) is 16.8 Å². The first-order valence-electron chi connectivity index (χ1n) is 8.73. The lowest BCUT2D eigenvalue weighted by Crippen LogP contribution is -2.34. The lowest BCUT2D eigenvalue weighted by molar-refractivity contribution is -0.137. The molecule has 2 aromatic rings. The van der Waals surface area contributed by atoms with Gasteiger partial charge < -0.3 is 9.47 Å². The molecule has 1 saturated heterocycles. The van der Waals surface area contributed by atoms with E-state index in [0.717, 1.165) is 30.8 Å². The summed E-state index contributed by atoms with van der Waals surface area (Å²) in [6.07, 6.45) is 1.38. The molecule has 1 saturated carbocycles. The largest absolute Gasteiger partial charge is 0.416 e. The van der Waals surface area contributed by atoms with Crippen molar-refractivity contribution in [2.24, 2.45) is 0 Å². The summed E-state index contributed by atoms with van der Waals surface area (Å²) in [6.45, 7) is 1.37. The molecule has 1 aliphatic carbocycles. The van der Waals surface area contributed by atoms with Crippen molar-refractivity contribution in [1.29, 1.82) is 5.26 Å². The highest BCUT2D eigenvalue weighted by Crippen LogP contribution is 2.39. The first-order valence-corrected chi connectivity index (χ1v) is 8.73. The summed E-state index contributed by atoms with van der Waals surface area (Å²) < 4.78 is 40.7. The molecule has 0 atom stereocenters. The average Bonchev–Trinajstić information content (AvgIpc) is 3.37. The first-order chi connectivity index (χ1) is 12.5. The van der Waals surface area contributed by atoms with Crippen molar-refractivity contribution in [3.8, 4) is 6.07 Å². The van der Waals surface area contributed by atoms with Crippen LogP contribution in [0.1, 0.15) is 54.6 Å². The van der Waals surface area contributed by atoms with Gasteiger partial charge in [0.25, 0.3) is 0 Å². The van der Waals surface area contributed by atoms with Gasteiger partial charge in [-0.3, -0.25) is 0 Å². The van der Waals surface area contributed by atoms with Gasteiger partial charge in [-0.05, 0) is 43.9 Å². The molecule has 0 unspecified atom stereocenters. The van der Waals surface area contributed by atoms with E-state index in [0.29, 0.717) is 30.7 Å². The van der Waals surface area contributed by atoms with E-state index in [9.17, 15) is 18.4 Å². The van der Waals surface area contributed by atoms with Crippen LogP contribution in [-0.4, -0.2) is 27.9 Å². The molecule has 26 heavy (non-hydrogen) atoms. The number of benzene rings is 1. The highest BCUT2D eigenvalue weighted by molar-refractivity contribution is 5.61. The number of aromatic nitrogens is 3. The number of alkyl halides is 3. The van der Waals surface area contributed by atoms with Gasteiger partial charge in [-0.15, -0.1) is 10.2 Å². The fraction of sp³-hybridized carbons (Fsp3) is 0.500. The monoisotopic (exact) mass is 361 g/mol. The van der Waals surface area contributed by atoms with Crippen molar-refractivity contribution in [2.45, 2.75) is 43.8 Å². The van der Waals surface area contributed by atoms with Crippen LogP contribution in [-0.2, 0) is 6.18 Å². The molecule has 136 valence electrons. The third kappa shape index (κ3) is 3.14. The predicted molar refractivity (Wildman–Crippen MR) is 88.6 cm³/mol. The Balaban J connectivity index is 1.49. The fourth-order valence-corrected chi connectivity index (χ4v) is 3.63. The van der Waals surface area contributed by atoms with Crippen LogP contribution in [0, 0.1) is 11.3 Å². The van der Waals surface area contributed by atoms with Crippen LogP contribution >= 0.6 is 0 Å². The summed E-state index contributed by atoms with van der Waals surface area (Å²) in [5, 5.41) is 17.6. The van der Waals surface area contributed by atoms with Crippen molar-refractivity contribution >= 4 is 5.69 Å². The van der Waals surface area contributed by atoms with Gasteiger partial charge in [0.2, 0.25) is 0 Å². The number of hydrogen-bond donors (Lipinski definition) is 0. The summed E-state index contributed by atoms with van der Waals surface area (Å²) in [5.41, 5.74) is -0.146. The second-order valence-corrected chi connectivity index (χ2v) is 6.93. The maximum absolute atomic E-state index is 12.9. The molecule has 2 fully saturated rings. The number of halogens is 3. The van der Waals surface area contributed by atoms with E-state index in [-0.39, 0.29) is 5.56 Å². The number of hydrogen-bond acceptors (Lipinski definition) is 4. The van der Waals surface area contributed by atoms with E-state index in [1.165, 1.54) is 18.9 Å². The van der Waals surface area contributed by atoms with Gasteiger partial charge in [0.1, 0.15) is 18.2 Å². The molecule has 1 aromatic heterocycles. The normalized spacial score (nSPS) is 18.8. The molecule has 0 spiro atoms. The molecule has 0 amide bonds. The summed E-state index contributed by atoms with van der Waals surface area (Å²) in [4.78, 5) is 1.99. The Kier molecular flexibility index (Phi) is 4.10. The predicted octanol–water partition coefficient (Wildman–Crippen LogP) is 3.89. The topological polar surface area (TPSA) is 57.7 Å². The van der Waals surface area contributed by atoms with E-state index in [2.05, 4.69) is 14.8 Å². The Bertz CT molecular complexity index is 839. The summed E-state index contributed by atoms with van der Waals surface area (Å²) in [6, 6.07) is 5.83. The van der Waals surface area contributed by atoms with E-state index >= 15 is 0 Å². The first kappa shape index (κ1) is 16.9. The highest BCUT2D eigenvalue weighted by atomic mass is 19.4. The molecular formula is C18H18F3N5. The molecule has 5 nitrogen and oxygen atoms in total. The maximum Gasteiger partial charge on any atom is 0.416 e. The van der Waals surface area contributed by atoms with Crippen LogP contribution in [0.2, 0.25) is 0 Å². The maximum atomic E-state index is 12.9. The molecule has 0 bridgehead atoms. The van der Waals surface area contributed by atoms with Crippen LogP contribution in [0.3, 0.4) is 0 Å². The van der Waals surface area contributed by atoms with Gasteiger partial charge in [-0.25, -0.2) is 0 Å². The van der Waals surface area contributed by atoms with E-state index in [4.69, 9.17) is 0 Å². The minimum absolute atomic E-state index is 0.0689. The fourth-order valence-electron chi connectivity index (χ4n) is 3.63. The van der Waals surface area contributed by atoms with Gasteiger partial charge in [-0.1, -0.05) is 0 Å². The molecule has 8 heteroatoms. The van der Waals surface area contributed by atoms with Crippen LogP contribution in [0.15, 0.2) is 24.5 Å². The van der Waals surface area contributed by atoms with E-state index in [1.807, 2.05) is 11.0 Å². The minimum atomic E-state index is -4.44. The van der Waals surface area contributed by atoms with Crippen molar-refractivity contribution in [3.63, 3.8) is 0 Å². The average molecular weight is 361 g/mol. The number of nitrogens with zero attached hydrogens (tertiary/aromatic N) is 5. The van der Waals surface area contributed by atoms with Gasteiger partial charge in [0.15, 0.2) is 0 Å². The number of rotatable bonds is 3. The minimum Gasteiger partial charge on any atom is -0.370 e. The van der Waals surface area contributed by atoms with Crippen molar-refractivity contribution in [3.05, 3.63) is 41.5 Å². The van der Waals surface area contributed by atoms with Crippen LogP contribution in [0.4, 0.5) is 18.9 Å². The molecule has 2 aliphatic rings. The van der Waals surface area contributed by atoms with E-state index in [1.54, 1.807) is 6.33 Å². The summed E-state index contributed by atoms with van der Waals surface area (Å²) >= 11 is 0. The molecule has 2 heterocycles. The standard InChI is InChI=1S/C18H18F3N5/c19-18(20,21)14-1-4-16(13(9-14)10-22)25-7-5-12(6-8-25)17-24-23-11-26(17)15-2-3-15/h1,4,9,11-12,15H,2-3,5-8H2. The highest BCUT2D eigenvalue weighted by Gasteiger charge is 2.33. The van der Waals surface area contributed by atoms with Crippen LogP contribution in [0.5, 0.6) is 0 Å². The van der Waals surface area contributed by atoms with Crippen LogP contribution in [0.25, 0.3) is 0 Å². The molecule has 1 aromatic carbocycles. The molecule has 4 rings (SSSR count). The third-order valence-corrected chi connectivity index (χ3v) is 5.19. The van der Waals surface area contributed by atoms with Crippen molar-refractivity contribution in [1.82, 2.24) is 14.8 Å². The SMILES string of the molecule is N#Cc1cc(C(F)(F)F)ccc1N1CCC(c2nncn2C2CC2)CC1. The summed E-state index contributed by atoms with van der Waals surface area (Å²) in [5.74, 6) is 1.31. The number of nitriles is 1. The molecule has 0 radical (unpaired) electrons. The smallest absolute Gasteiger partial charge is 0.370 e. The Labute approximate surface area is 149 Å². The second kappa shape index (κ2) is 6.31. The number of piperidine rings is 1. The number of anilines is 1. The lowest BCUT2D eigenvalue weighted by Gasteiger charge is -2.34. The zero-order valence-electron chi connectivity index (χ0n) is 14.1. The van der Waals surface area contributed by atoms with Gasteiger partial charge in [-0.2, -0.15) is 18.4 Å². The zero-order chi connectivity index (χ0) is 18.3. The third-order valence-electron chi connectivity index (χ3n) is 5.19. The van der Waals surface area contributed by atoms with Gasteiger partial charge in [0, 0.05) is 25.0 Å². The van der Waals surface area contributed by atoms with Crippen molar-refractivity contribution < 1.29 is 13.2 Å². The summed E-state index contributed by atoms with van der Waals surface area (Å²) in [7, 11) is 0. The Hall–Kier alpha value is -2.56. The Morgan fingerprint density at radius 1 is 1.12 bits per heavy atom. The molecule has 1 aliphatic heterocycles. The lowest BCUT2D eigenvalue weighted by atomic mass is 9.94. The van der Waals surface area contributed by atoms with Crippen molar-refractivity contribution in [2.75, 3.05) is 18.0 Å². The molecular weight excluding hydrogens is 343 g/mol. The quantitative estimate of drug-likeness (QED) is 0.832. The van der Waals surface area contributed by atoms with Crippen LogP contribution < -0.4 is 4.90 Å². The molecule has 0 N–H and O–H groups in total. The van der Waals surface area contributed by atoms with E-state index < -0.39 is 11.7 Å². The zero-order valence-corrected chi connectivity index (χ0v) is 14.1. The Morgan fingerprint density at radius 2 is 1.85 bits per heavy atom. The van der Waals surface area contributed by atoms with Gasteiger partial charge >= 0.3 is 6.18 Å². The second-order valence-electron chi connectivity index (χ2n) is 6.93.